The van der Waals surface area contributed by atoms with E-state index < -0.39 is 12.1 Å². The molecular weight excluding hydrogens is 179 g/mol. The Labute approximate surface area is 67.0 Å². The summed E-state index contributed by atoms with van der Waals surface area (Å²) in [5, 5.41) is 18.0. The summed E-state index contributed by atoms with van der Waals surface area (Å²) in [7, 11) is 1.70. The average Bonchev–Trinajstić information content (AvgIpc) is 1.87. The van der Waals surface area contributed by atoms with Crippen molar-refractivity contribution in [1.29, 1.82) is 0 Å². The number of alkyl halides is 3. The van der Waals surface area contributed by atoms with Gasteiger partial charge in [-0.05, 0) is 14.0 Å². The first-order valence-electron chi connectivity index (χ1n) is 2.87. The second-order valence-electron chi connectivity index (χ2n) is 1.77. The zero-order valence-corrected chi connectivity index (χ0v) is 6.51. The Balaban J connectivity index is 0. The average molecular weight is 189 g/mol. The molecule has 0 amide bonds. The fraction of sp³-hybridized carbons (Fsp3) is 0.800. The molecule has 7 heteroatoms. The molecule has 0 aliphatic heterocycles. The van der Waals surface area contributed by atoms with Crippen molar-refractivity contribution in [3.63, 3.8) is 0 Å². The number of nitrogens with one attached hydrogen (secondary N) is 1. The molecule has 0 heterocycles. The summed E-state index contributed by atoms with van der Waals surface area (Å²) in [4.78, 5) is 8.90. The number of carboxylic acids is 1. The number of aliphatic hydroxyl groups excluding tert-OH is 1. The van der Waals surface area contributed by atoms with Gasteiger partial charge in [-0.25, -0.2) is 4.79 Å². The normalized spacial score (nSPS) is 12.8. The van der Waals surface area contributed by atoms with Gasteiger partial charge in [0.2, 0.25) is 0 Å². The molecule has 3 N–H and O–H groups in total. The Hall–Kier alpha value is -0.820. The molecule has 0 saturated heterocycles. The Bertz CT molecular complexity index is 134. The van der Waals surface area contributed by atoms with Crippen molar-refractivity contribution < 1.29 is 28.2 Å². The van der Waals surface area contributed by atoms with Crippen LogP contribution < -0.4 is 5.32 Å². The minimum absolute atomic E-state index is 0.366. The van der Waals surface area contributed by atoms with Crippen molar-refractivity contribution in [2.24, 2.45) is 0 Å². The van der Waals surface area contributed by atoms with Gasteiger partial charge in [-0.15, -0.1) is 0 Å². The third-order valence-corrected chi connectivity index (χ3v) is 0.660. The summed E-state index contributed by atoms with van der Waals surface area (Å²) in [6.45, 7) is 1.67. The number of aliphatic hydroxyl groups is 1. The lowest BCUT2D eigenvalue weighted by molar-refractivity contribution is -0.192. The quantitative estimate of drug-likeness (QED) is 0.514. The van der Waals surface area contributed by atoms with Crippen LogP contribution in [0, 0.1) is 0 Å². The van der Waals surface area contributed by atoms with E-state index in [1.54, 1.807) is 14.0 Å². The van der Waals surface area contributed by atoms with E-state index in [-0.39, 0.29) is 6.23 Å². The van der Waals surface area contributed by atoms with Gasteiger partial charge in [0.15, 0.2) is 0 Å². The molecule has 4 nitrogen and oxygen atoms in total. The number of aliphatic carboxylic acids is 1. The summed E-state index contributed by atoms with van der Waals surface area (Å²) in [6, 6.07) is 0. The molecule has 0 bridgehead atoms. The Morgan fingerprint density at radius 2 is 1.67 bits per heavy atom. The second kappa shape index (κ2) is 5.78. The molecule has 0 aromatic rings. The largest absolute Gasteiger partial charge is 0.490 e. The van der Waals surface area contributed by atoms with Crippen LogP contribution in [0.4, 0.5) is 13.2 Å². The third-order valence-electron chi connectivity index (χ3n) is 0.660. The molecular formula is C5H10F3NO3. The molecule has 0 saturated carbocycles. The maximum atomic E-state index is 10.6. The van der Waals surface area contributed by atoms with Gasteiger partial charge < -0.3 is 10.2 Å². The van der Waals surface area contributed by atoms with Crippen LogP contribution in [-0.2, 0) is 4.79 Å². The van der Waals surface area contributed by atoms with Crippen molar-refractivity contribution in [2.45, 2.75) is 19.3 Å². The van der Waals surface area contributed by atoms with Crippen molar-refractivity contribution in [2.75, 3.05) is 7.05 Å². The van der Waals surface area contributed by atoms with Crippen LogP contribution >= 0.6 is 0 Å². The predicted octanol–water partition coefficient (Wildman–Crippen LogP) is 0.177. The van der Waals surface area contributed by atoms with E-state index in [0.29, 0.717) is 0 Å². The summed E-state index contributed by atoms with van der Waals surface area (Å²) >= 11 is 0. The highest BCUT2D eigenvalue weighted by molar-refractivity contribution is 5.73. The summed E-state index contributed by atoms with van der Waals surface area (Å²) in [6.07, 6.45) is -5.45. The number of halogens is 3. The number of rotatable bonds is 1. The Morgan fingerprint density at radius 3 is 1.67 bits per heavy atom. The first-order chi connectivity index (χ1) is 5.21. The predicted molar refractivity (Wildman–Crippen MR) is 34.4 cm³/mol. The van der Waals surface area contributed by atoms with Crippen molar-refractivity contribution in [3.05, 3.63) is 0 Å². The summed E-state index contributed by atoms with van der Waals surface area (Å²) < 4.78 is 31.7. The fourth-order valence-corrected chi connectivity index (χ4v) is 0. The number of hydrogen-bond donors (Lipinski definition) is 3. The van der Waals surface area contributed by atoms with Crippen LogP contribution in [-0.4, -0.2) is 35.6 Å². The van der Waals surface area contributed by atoms with Gasteiger partial charge in [0.05, 0.1) is 0 Å². The molecule has 0 aromatic heterocycles. The van der Waals surface area contributed by atoms with Crippen LogP contribution in [0.1, 0.15) is 6.92 Å². The second-order valence-corrected chi connectivity index (χ2v) is 1.77. The lowest BCUT2D eigenvalue weighted by Crippen LogP contribution is -2.21. The van der Waals surface area contributed by atoms with E-state index in [0.717, 1.165) is 0 Å². The molecule has 0 fully saturated rings. The minimum Gasteiger partial charge on any atom is -0.475 e. The molecule has 0 aliphatic carbocycles. The first kappa shape index (κ1) is 13.7. The fourth-order valence-electron chi connectivity index (χ4n) is 0. The minimum atomic E-state index is -5.08. The molecule has 1 atom stereocenters. The monoisotopic (exact) mass is 189 g/mol. The van der Waals surface area contributed by atoms with Gasteiger partial charge in [0.25, 0.3) is 0 Å². The van der Waals surface area contributed by atoms with Crippen molar-refractivity contribution in [1.82, 2.24) is 5.32 Å². The smallest absolute Gasteiger partial charge is 0.475 e. The topological polar surface area (TPSA) is 69.6 Å². The molecule has 1 unspecified atom stereocenters. The van der Waals surface area contributed by atoms with Crippen LogP contribution in [0.5, 0.6) is 0 Å². The van der Waals surface area contributed by atoms with Crippen LogP contribution in [0.2, 0.25) is 0 Å². The lowest BCUT2D eigenvalue weighted by atomic mass is 10.7. The van der Waals surface area contributed by atoms with Gasteiger partial charge in [0, 0.05) is 0 Å². The van der Waals surface area contributed by atoms with E-state index >= 15 is 0 Å². The van der Waals surface area contributed by atoms with E-state index in [1.165, 1.54) is 0 Å². The molecule has 0 aliphatic rings. The standard InChI is InChI=1S/C3H9NO.C2HF3O2/c1-3(5)4-2;3-2(4,5)1(6)7/h3-5H,1-2H3;(H,6,7). The van der Waals surface area contributed by atoms with Gasteiger partial charge >= 0.3 is 12.1 Å². The molecule has 0 spiro atoms. The third kappa shape index (κ3) is 11.9. The zero-order valence-electron chi connectivity index (χ0n) is 6.51. The van der Waals surface area contributed by atoms with Gasteiger partial charge in [-0.1, -0.05) is 0 Å². The van der Waals surface area contributed by atoms with Gasteiger partial charge in [-0.3, -0.25) is 5.32 Å². The van der Waals surface area contributed by atoms with E-state index in [9.17, 15) is 13.2 Å². The number of carbonyl (C=O) groups is 1. The maximum Gasteiger partial charge on any atom is 0.490 e. The van der Waals surface area contributed by atoms with Gasteiger partial charge in [-0.2, -0.15) is 13.2 Å². The van der Waals surface area contributed by atoms with Crippen molar-refractivity contribution >= 4 is 5.97 Å². The van der Waals surface area contributed by atoms with E-state index in [4.69, 9.17) is 15.0 Å². The van der Waals surface area contributed by atoms with Crippen molar-refractivity contribution in [3.8, 4) is 0 Å². The highest BCUT2D eigenvalue weighted by Crippen LogP contribution is 2.13. The molecule has 12 heavy (non-hydrogen) atoms. The van der Waals surface area contributed by atoms with E-state index in [2.05, 4.69) is 5.32 Å². The molecule has 0 rings (SSSR count). The number of hydrogen-bond acceptors (Lipinski definition) is 3. The zero-order chi connectivity index (χ0) is 10.4. The van der Waals surface area contributed by atoms with Crippen LogP contribution in [0.3, 0.4) is 0 Å². The summed E-state index contributed by atoms with van der Waals surface area (Å²) in [5.41, 5.74) is 0. The maximum absolute atomic E-state index is 10.6. The lowest BCUT2D eigenvalue weighted by Gasteiger charge is -1.94. The van der Waals surface area contributed by atoms with Crippen LogP contribution in [0.15, 0.2) is 0 Å². The molecule has 0 radical (unpaired) electrons. The molecule has 74 valence electrons. The van der Waals surface area contributed by atoms with E-state index in [1.807, 2.05) is 0 Å². The SMILES string of the molecule is CNC(C)O.O=C(O)C(F)(F)F. The highest BCUT2D eigenvalue weighted by atomic mass is 19.4. The first-order valence-corrected chi connectivity index (χ1v) is 2.87. The van der Waals surface area contributed by atoms with Gasteiger partial charge in [0.1, 0.15) is 6.23 Å². The highest BCUT2D eigenvalue weighted by Gasteiger charge is 2.38. The number of carboxylic acid groups (broad SMARTS) is 1. The molecule has 0 aromatic carbocycles. The van der Waals surface area contributed by atoms with Crippen LogP contribution in [0.25, 0.3) is 0 Å². The Morgan fingerprint density at radius 1 is 1.50 bits per heavy atom. The Kier molecular flexibility index (Phi) is 6.63. The summed E-state index contributed by atoms with van der Waals surface area (Å²) in [5.74, 6) is -2.76.